The van der Waals surface area contributed by atoms with Gasteiger partial charge in [-0.2, -0.15) is 4.31 Å². The van der Waals surface area contributed by atoms with E-state index in [0.29, 0.717) is 35.9 Å². The van der Waals surface area contributed by atoms with Crippen LogP contribution in [0.3, 0.4) is 0 Å². The number of sulfonamides is 1. The fraction of sp³-hybridized carbons (Fsp3) is 0.524. The fourth-order valence-corrected chi connectivity index (χ4v) is 6.47. The molecular weight excluding hydrogens is 360 g/mol. The Morgan fingerprint density at radius 1 is 1.19 bits per heavy atom. The van der Waals surface area contributed by atoms with Crippen LogP contribution in [-0.4, -0.2) is 43.8 Å². The molecular formula is C21H28N2O3S. The van der Waals surface area contributed by atoms with Gasteiger partial charge in [0.1, 0.15) is 5.76 Å². The fourth-order valence-electron chi connectivity index (χ4n) is 4.83. The van der Waals surface area contributed by atoms with Crippen LogP contribution < -0.4 is 0 Å². The summed E-state index contributed by atoms with van der Waals surface area (Å²) in [6, 6.07) is 11.6. The van der Waals surface area contributed by atoms with Crippen LogP contribution in [0.15, 0.2) is 52.0 Å². The molecule has 6 heteroatoms. The average molecular weight is 389 g/mol. The largest absolute Gasteiger partial charge is 0.468 e. The SMILES string of the molecule is Cc1cccc(S(=O)(=O)N2C[C@@H]3CCC[C@H](N(C)Cc4ccco4)[C@H]3C2)c1. The summed E-state index contributed by atoms with van der Waals surface area (Å²) < 4.78 is 33.5. The van der Waals surface area contributed by atoms with Crippen molar-refractivity contribution < 1.29 is 12.8 Å². The first kappa shape index (κ1) is 18.7. The molecule has 0 radical (unpaired) electrons. The van der Waals surface area contributed by atoms with Gasteiger partial charge in [0, 0.05) is 19.1 Å². The number of aryl methyl sites for hydroxylation is 1. The zero-order valence-corrected chi connectivity index (χ0v) is 16.9. The Balaban J connectivity index is 1.52. The van der Waals surface area contributed by atoms with E-state index in [2.05, 4.69) is 11.9 Å². The normalized spacial score (nSPS) is 26.4. The molecule has 1 aromatic heterocycles. The summed E-state index contributed by atoms with van der Waals surface area (Å²) in [7, 11) is -1.29. The van der Waals surface area contributed by atoms with Crippen molar-refractivity contribution in [3.63, 3.8) is 0 Å². The highest BCUT2D eigenvalue weighted by Gasteiger charge is 2.45. The third kappa shape index (κ3) is 3.71. The minimum Gasteiger partial charge on any atom is -0.468 e. The summed E-state index contributed by atoms with van der Waals surface area (Å²) in [6.45, 7) is 3.97. The van der Waals surface area contributed by atoms with Gasteiger partial charge < -0.3 is 4.42 Å². The molecule has 1 saturated heterocycles. The van der Waals surface area contributed by atoms with E-state index in [1.54, 1.807) is 22.7 Å². The first-order valence-electron chi connectivity index (χ1n) is 9.74. The number of rotatable bonds is 5. The van der Waals surface area contributed by atoms with Crippen LogP contribution in [0, 0.1) is 18.8 Å². The van der Waals surface area contributed by atoms with Crippen molar-refractivity contribution in [1.29, 1.82) is 0 Å². The number of benzene rings is 1. The molecule has 1 saturated carbocycles. The minimum absolute atomic E-state index is 0.387. The molecule has 0 bridgehead atoms. The first-order chi connectivity index (χ1) is 12.9. The Hall–Kier alpha value is -1.63. The van der Waals surface area contributed by atoms with Crippen LogP contribution >= 0.6 is 0 Å². The van der Waals surface area contributed by atoms with E-state index in [1.165, 1.54) is 0 Å². The predicted octanol–water partition coefficient (Wildman–Crippen LogP) is 3.51. The van der Waals surface area contributed by atoms with E-state index in [-0.39, 0.29) is 0 Å². The van der Waals surface area contributed by atoms with E-state index in [0.717, 1.165) is 37.1 Å². The second-order valence-electron chi connectivity index (χ2n) is 8.06. The number of furan rings is 1. The maximum Gasteiger partial charge on any atom is 0.243 e. The van der Waals surface area contributed by atoms with Gasteiger partial charge in [-0.1, -0.05) is 18.6 Å². The van der Waals surface area contributed by atoms with Gasteiger partial charge in [0.05, 0.1) is 17.7 Å². The summed E-state index contributed by atoms with van der Waals surface area (Å²) in [6.07, 6.45) is 5.11. The number of hydrogen-bond acceptors (Lipinski definition) is 4. The van der Waals surface area contributed by atoms with Gasteiger partial charge in [-0.15, -0.1) is 0 Å². The van der Waals surface area contributed by atoms with Gasteiger partial charge in [-0.3, -0.25) is 4.90 Å². The van der Waals surface area contributed by atoms with Gasteiger partial charge in [0.2, 0.25) is 10.0 Å². The molecule has 2 heterocycles. The zero-order valence-electron chi connectivity index (χ0n) is 16.0. The van der Waals surface area contributed by atoms with Crippen molar-refractivity contribution in [3.8, 4) is 0 Å². The first-order valence-corrected chi connectivity index (χ1v) is 11.2. The molecule has 0 amide bonds. The standard InChI is InChI=1S/C21H28N2O3S/c1-16-6-3-9-19(12-16)27(24,25)23-13-17-7-4-10-21(20(17)15-23)22(2)14-18-8-5-11-26-18/h3,5-6,8-9,11-12,17,20-21H,4,7,10,13-15H2,1-2H3/t17-,20-,21-/m0/s1. The highest BCUT2D eigenvalue weighted by atomic mass is 32.2. The third-order valence-electron chi connectivity index (χ3n) is 6.21. The molecule has 2 fully saturated rings. The minimum atomic E-state index is -3.42. The van der Waals surface area contributed by atoms with Crippen LogP contribution in [0.2, 0.25) is 0 Å². The van der Waals surface area contributed by atoms with Crippen molar-refractivity contribution in [2.45, 2.75) is 43.7 Å². The molecule has 0 N–H and O–H groups in total. The molecule has 3 atom stereocenters. The predicted molar refractivity (Wildman–Crippen MR) is 105 cm³/mol. The monoisotopic (exact) mass is 388 g/mol. The summed E-state index contributed by atoms with van der Waals surface area (Å²) in [4.78, 5) is 2.76. The van der Waals surface area contributed by atoms with Crippen molar-refractivity contribution in [2.24, 2.45) is 11.8 Å². The Labute approximate surface area is 162 Å². The van der Waals surface area contributed by atoms with Gasteiger partial charge in [-0.25, -0.2) is 8.42 Å². The van der Waals surface area contributed by atoms with E-state index in [4.69, 9.17) is 4.42 Å². The van der Waals surface area contributed by atoms with E-state index in [1.807, 2.05) is 31.2 Å². The van der Waals surface area contributed by atoms with E-state index in [9.17, 15) is 8.42 Å². The average Bonchev–Trinajstić information content (AvgIpc) is 3.30. The Kier molecular flexibility index (Phi) is 5.14. The molecule has 1 aromatic carbocycles. The van der Waals surface area contributed by atoms with Crippen LogP contribution in [0.1, 0.15) is 30.6 Å². The molecule has 2 aromatic rings. The lowest BCUT2D eigenvalue weighted by molar-refractivity contribution is 0.0999. The summed E-state index contributed by atoms with van der Waals surface area (Å²) >= 11 is 0. The second-order valence-corrected chi connectivity index (χ2v) is 9.99. The van der Waals surface area contributed by atoms with Crippen molar-refractivity contribution in [3.05, 3.63) is 54.0 Å². The lowest BCUT2D eigenvalue weighted by atomic mass is 9.77. The van der Waals surface area contributed by atoms with Gasteiger partial charge in [0.25, 0.3) is 0 Å². The lowest BCUT2D eigenvalue weighted by Crippen LogP contribution is -2.43. The molecule has 0 unspecified atom stereocenters. The molecule has 4 rings (SSSR count). The van der Waals surface area contributed by atoms with E-state index < -0.39 is 10.0 Å². The number of fused-ring (bicyclic) bond motifs is 1. The molecule has 27 heavy (non-hydrogen) atoms. The Morgan fingerprint density at radius 3 is 2.78 bits per heavy atom. The lowest BCUT2D eigenvalue weighted by Gasteiger charge is -2.38. The third-order valence-corrected chi connectivity index (χ3v) is 8.03. The second kappa shape index (κ2) is 7.41. The maximum atomic E-state index is 13.2. The quantitative estimate of drug-likeness (QED) is 0.787. The molecule has 2 aliphatic rings. The highest BCUT2D eigenvalue weighted by Crippen LogP contribution is 2.40. The van der Waals surface area contributed by atoms with Gasteiger partial charge in [-0.05, 0) is 68.5 Å². The van der Waals surface area contributed by atoms with Gasteiger partial charge >= 0.3 is 0 Å². The Bertz CT molecular complexity index is 879. The molecule has 5 nitrogen and oxygen atoms in total. The van der Waals surface area contributed by atoms with Crippen molar-refractivity contribution >= 4 is 10.0 Å². The van der Waals surface area contributed by atoms with Crippen LogP contribution in [0.5, 0.6) is 0 Å². The van der Waals surface area contributed by atoms with Crippen LogP contribution in [0.4, 0.5) is 0 Å². The zero-order chi connectivity index (χ0) is 19.0. The number of hydrogen-bond donors (Lipinski definition) is 0. The molecule has 1 aliphatic carbocycles. The molecule has 0 spiro atoms. The summed E-state index contributed by atoms with van der Waals surface area (Å²) in [5.41, 5.74) is 0.976. The van der Waals surface area contributed by atoms with Crippen molar-refractivity contribution in [1.82, 2.24) is 9.21 Å². The molecule has 146 valence electrons. The summed E-state index contributed by atoms with van der Waals surface area (Å²) in [5, 5.41) is 0. The smallest absolute Gasteiger partial charge is 0.243 e. The van der Waals surface area contributed by atoms with Gasteiger partial charge in [0.15, 0.2) is 0 Å². The van der Waals surface area contributed by atoms with Crippen molar-refractivity contribution in [2.75, 3.05) is 20.1 Å². The maximum absolute atomic E-state index is 13.2. The topological polar surface area (TPSA) is 53.8 Å². The highest BCUT2D eigenvalue weighted by molar-refractivity contribution is 7.89. The van der Waals surface area contributed by atoms with E-state index >= 15 is 0 Å². The number of nitrogens with zero attached hydrogens (tertiary/aromatic N) is 2. The summed E-state index contributed by atoms with van der Waals surface area (Å²) in [5.74, 6) is 1.79. The molecule has 1 aliphatic heterocycles. The van der Waals surface area contributed by atoms with Crippen LogP contribution in [-0.2, 0) is 16.6 Å². The van der Waals surface area contributed by atoms with Crippen LogP contribution in [0.25, 0.3) is 0 Å². The Morgan fingerprint density at radius 2 is 2.04 bits per heavy atom.